The van der Waals surface area contributed by atoms with Gasteiger partial charge in [-0.3, -0.25) is 0 Å². The van der Waals surface area contributed by atoms with E-state index >= 15 is 0 Å². The van der Waals surface area contributed by atoms with Crippen molar-refractivity contribution in [3.8, 4) is 11.4 Å². The average Bonchev–Trinajstić information content (AvgIpc) is 3.36. The van der Waals surface area contributed by atoms with Crippen LogP contribution in [-0.4, -0.2) is 54.2 Å². The van der Waals surface area contributed by atoms with Crippen LogP contribution in [0.1, 0.15) is 6.92 Å². The maximum Gasteiger partial charge on any atom is 1.00 e. The fraction of sp³-hybridized carbons (Fsp3) is 0.263. The van der Waals surface area contributed by atoms with Crippen LogP contribution in [0.2, 0.25) is 19.6 Å². The van der Waals surface area contributed by atoms with Gasteiger partial charge in [-0.2, -0.15) is 5.21 Å². The van der Waals surface area contributed by atoms with Crippen LogP contribution >= 0.6 is 12.2 Å². The van der Waals surface area contributed by atoms with Gasteiger partial charge in [0.15, 0.2) is 0 Å². The molecule has 0 amide bonds. The molecule has 2 aromatic carbocycles. The van der Waals surface area contributed by atoms with Gasteiger partial charge < -0.3 is 17.5 Å². The van der Waals surface area contributed by atoms with Gasteiger partial charge >= 0.3 is 29.6 Å². The molecule has 32 heavy (non-hydrogen) atoms. The number of anilines is 2. The van der Waals surface area contributed by atoms with Crippen LogP contribution in [0.15, 0.2) is 53.7 Å². The quantitative estimate of drug-likeness (QED) is 0.238. The van der Waals surface area contributed by atoms with Gasteiger partial charge in [0.25, 0.3) is 0 Å². The molecule has 0 radical (unpaired) electrons. The third kappa shape index (κ3) is 5.00. The number of nitrogens with zero attached hydrogens (tertiary/aromatic N) is 8. The second-order valence-corrected chi connectivity index (χ2v) is 14.5. The van der Waals surface area contributed by atoms with Crippen molar-refractivity contribution in [3.05, 3.63) is 53.3 Å². The van der Waals surface area contributed by atoms with E-state index in [0.717, 1.165) is 22.7 Å². The van der Waals surface area contributed by atoms with Crippen molar-refractivity contribution in [1.82, 2.24) is 40.4 Å². The van der Waals surface area contributed by atoms with Crippen LogP contribution in [0.3, 0.4) is 0 Å². The number of hydrogen-bond acceptors (Lipinski definition) is 8. The minimum Gasteiger partial charge on any atom is -0.738 e. The molecule has 2 aromatic heterocycles. The van der Waals surface area contributed by atoms with Crippen molar-refractivity contribution in [3.63, 3.8) is 0 Å². The maximum atomic E-state index is 5.28. The Kier molecular flexibility index (Phi) is 7.63. The molecule has 0 fully saturated rings. The van der Waals surface area contributed by atoms with E-state index in [9.17, 15) is 0 Å². The Hall–Kier alpha value is -1.96. The number of aromatic amines is 1. The molecule has 4 aromatic rings. The largest absolute Gasteiger partial charge is 1.00 e. The third-order valence-corrected chi connectivity index (χ3v) is 8.56. The van der Waals surface area contributed by atoms with Crippen molar-refractivity contribution < 1.29 is 29.6 Å². The van der Waals surface area contributed by atoms with E-state index in [2.05, 4.69) is 86.8 Å². The molecule has 1 N–H and O–H groups in total. The summed E-state index contributed by atoms with van der Waals surface area (Å²) in [5.41, 5.74) is 4.04. The van der Waals surface area contributed by atoms with Crippen LogP contribution in [0.25, 0.3) is 11.4 Å². The Morgan fingerprint density at radius 1 is 1.03 bits per heavy atom. The van der Waals surface area contributed by atoms with Gasteiger partial charge in [-0.25, -0.2) is 9.36 Å². The number of hydrogen-bond donors (Lipinski definition) is 1. The van der Waals surface area contributed by atoms with E-state index in [1.807, 2.05) is 24.3 Å². The minimum absolute atomic E-state index is 0. The number of tetrazole rings is 2. The van der Waals surface area contributed by atoms with Crippen LogP contribution in [0, 0.1) is 4.77 Å². The SMILES string of the molecule is CC(N(c1cccc(-n2nnnc2[S-])c1)c1cccc(-n2[nH]nnc2=S)c1)[Si](C)(C)C.[Na+]. The first kappa shape index (κ1) is 24.7. The Labute approximate surface area is 219 Å². The summed E-state index contributed by atoms with van der Waals surface area (Å²) in [6.07, 6.45) is 0. The summed E-state index contributed by atoms with van der Waals surface area (Å²) in [5.74, 6) is 0. The Bertz CT molecular complexity index is 1260. The summed E-state index contributed by atoms with van der Waals surface area (Å²) in [4.78, 5) is 2.35. The molecule has 0 aliphatic rings. The van der Waals surface area contributed by atoms with Gasteiger partial charge in [0.1, 0.15) is 0 Å². The van der Waals surface area contributed by atoms with Gasteiger partial charge in [0.2, 0.25) is 4.77 Å². The van der Waals surface area contributed by atoms with Gasteiger partial charge in [-0.05, 0) is 66.0 Å². The van der Waals surface area contributed by atoms with Crippen LogP contribution in [-0.2, 0) is 12.6 Å². The third-order valence-electron chi connectivity index (χ3n) is 5.27. The van der Waals surface area contributed by atoms with Gasteiger partial charge in [-0.1, -0.05) is 42.1 Å². The summed E-state index contributed by atoms with van der Waals surface area (Å²) in [6.45, 7) is 9.34. The van der Waals surface area contributed by atoms with E-state index in [1.165, 1.54) is 0 Å². The van der Waals surface area contributed by atoms with Crippen LogP contribution in [0.5, 0.6) is 0 Å². The topological polar surface area (TPSA) is 93.3 Å². The molecule has 1 atom stereocenters. The summed E-state index contributed by atoms with van der Waals surface area (Å²) in [7, 11) is -1.58. The summed E-state index contributed by atoms with van der Waals surface area (Å²) < 4.78 is 3.61. The summed E-state index contributed by atoms with van der Waals surface area (Å²) in [5, 5.41) is 22.4. The van der Waals surface area contributed by atoms with Crippen LogP contribution in [0.4, 0.5) is 11.4 Å². The minimum atomic E-state index is -1.58. The Morgan fingerprint density at radius 2 is 1.66 bits per heavy atom. The first-order chi connectivity index (χ1) is 14.8. The molecule has 160 valence electrons. The fourth-order valence-electron chi connectivity index (χ4n) is 3.25. The van der Waals surface area contributed by atoms with Crippen molar-refractivity contribution in [2.45, 2.75) is 37.4 Å². The van der Waals surface area contributed by atoms with Crippen molar-refractivity contribution >= 4 is 44.3 Å². The van der Waals surface area contributed by atoms with Crippen molar-refractivity contribution in [2.24, 2.45) is 0 Å². The summed E-state index contributed by atoms with van der Waals surface area (Å²) >= 11 is 10.5. The predicted molar refractivity (Wildman–Crippen MR) is 126 cm³/mol. The number of benzene rings is 2. The molecule has 0 bridgehead atoms. The number of aromatic nitrogens is 8. The molecule has 0 aliphatic heterocycles. The molecule has 13 heteroatoms. The van der Waals surface area contributed by atoms with E-state index < -0.39 is 8.07 Å². The zero-order chi connectivity index (χ0) is 22.2. The van der Waals surface area contributed by atoms with Crippen molar-refractivity contribution in [2.75, 3.05) is 4.90 Å². The average molecular weight is 492 g/mol. The second kappa shape index (κ2) is 9.89. The van der Waals surface area contributed by atoms with Gasteiger partial charge in [0.05, 0.1) is 19.4 Å². The zero-order valence-corrected chi connectivity index (χ0v) is 23.2. The van der Waals surface area contributed by atoms with Crippen molar-refractivity contribution in [1.29, 1.82) is 0 Å². The zero-order valence-electron chi connectivity index (χ0n) is 18.6. The Morgan fingerprint density at radius 3 is 2.19 bits per heavy atom. The first-order valence-electron chi connectivity index (χ1n) is 9.71. The molecule has 0 saturated carbocycles. The monoisotopic (exact) mass is 491 g/mol. The van der Waals surface area contributed by atoms with E-state index in [0.29, 0.717) is 15.6 Å². The van der Waals surface area contributed by atoms with Crippen LogP contribution < -0.4 is 34.5 Å². The number of rotatable bonds is 6. The van der Waals surface area contributed by atoms with E-state index in [1.54, 1.807) is 9.36 Å². The molecule has 4 rings (SSSR count). The molecule has 0 saturated heterocycles. The first-order valence-corrected chi connectivity index (χ1v) is 14.1. The molecule has 2 heterocycles. The van der Waals surface area contributed by atoms with E-state index in [4.69, 9.17) is 24.8 Å². The molecular weight excluding hydrogens is 469 g/mol. The predicted octanol–water partition coefficient (Wildman–Crippen LogP) is 0.614. The standard InChI is InChI=1S/C19H23N9S2Si.Na/c1-13(31(2,3)4)26(14-7-5-9-16(11-14)27-18(29)20-22-24-27)15-8-6-10-17(12-15)28-19(30)21-23-25-28;/h5-13H,1-4H3,(H,20,24,29)(H,21,25,30);/q;+1/p-1. The molecule has 0 aliphatic carbocycles. The molecule has 0 spiro atoms. The normalized spacial score (nSPS) is 12.2. The number of H-pyrrole nitrogens is 1. The smallest absolute Gasteiger partial charge is 0.738 e. The van der Waals surface area contributed by atoms with Gasteiger partial charge in [0, 0.05) is 22.2 Å². The summed E-state index contributed by atoms with van der Waals surface area (Å²) in [6, 6.07) is 16.2. The van der Waals surface area contributed by atoms with E-state index in [-0.39, 0.29) is 29.6 Å². The molecule has 9 nitrogen and oxygen atoms in total. The number of nitrogens with one attached hydrogen (secondary N) is 1. The molecular formula is C19H22N9NaS2Si. The molecule has 1 unspecified atom stereocenters. The Balaban J connectivity index is 0.00000289. The van der Waals surface area contributed by atoms with Gasteiger partial charge in [-0.15, -0.1) is 5.10 Å². The maximum absolute atomic E-state index is 5.28. The second-order valence-electron chi connectivity index (χ2n) is 8.24. The fourth-order valence-corrected chi connectivity index (χ4v) is 4.68.